The van der Waals surface area contributed by atoms with Crippen LogP contribution in [0.3, 0.4) is 0 Å². The van der Waals surface area contributed by atoms with Gasteiger partial charge in [-0.15, -0.1) is 0 Å². The topological polar surface area (TPSA) is 83.5 Å². The molecule has 0 saturated heterocycles. The molecular weight excluding hydrogens is 193 g/mol. The van der Waals surface area contributed by atoms with E-state index in [1.54, 1.807) is 11.5 Å². The summed E-state index contributed by atoms with van der Waals surface area (Å²) in [5.74, 6) is -0.562. The highest BCUT2D eigenvalue weighted by molar-refractivity contribution is 7.89. The molecule has 0 aromatic rings. The number of hydrogen-bond acceptors (Lipinski definition) is 4. The molecular formula is C6H16BNO4S. The van der Waals surface area contributed by atoms with Crippen molar-refractivity contribution in [1.82, 2.24) is 4.72 Å². The zero-order valence-electron chi connectivity index (χ0n) is 8.36. The number of carbonyl (C=O) groups excluding carboxylic acids is 1. The van der Waals surface area contributed by atoms with Gasteiger partial charge in [-0.2, -0.15) is 0 Å². The van der Waals surface area contributed by atoms with E-state index >= 15 is 0 Å². The fraction of sp³-hybridized carbons (Fsp3) is 0.833. The smallest absolute Gasteiger partial charge is 0.285 e. The average molecular weight is 209 g/mol. The normalized spacial score (nSPS) is 9.62. The van der Waals surface area contributed by atoms with E-state index in [-0.39, 0.29) is 6.92 Å². The van der Waals surface area contributed by atoms with Crippen molar-refractivity contribution in [3.05, 3.63) is 0 Å². The minimum atomic E-state index is -3.32. The monoisotopic (exact) mass is 209 g/mol. The Morgan fingerprint density at radius 2 is 1.85 bits per heavy atom. The lowest BCUT2D eigenvalue weighted by Gasteiger charge is -1.93. The van der Waals surface area contributed by atoms with Gasteiger partial charge in [0.05, 0.1) is 6.26 Å². The lowest BCUT2D eigenvalue weighted by atomic mass is 9.69. The van der Waals surface area contributed by atoms with Crippen molar-refractivity contribution in [3.63, 3.8) is 0 Å². The van der Waals surface area contributed by atoms with Gasteiger partial charge in [0.1, 0.15) is 0 Å². The third-order valence-corrected chi connectivity index (χ3v) is 1.58. The van der Waals surface area contributed by atoms with Crippen LogP contribution in [0.15, 0.2) is 0 Å². The maximum atomic E-state index is 10.1. The molecule has 0 heterocycles. The summed E-state index contributed by atoms with van der Waals surface area (Å²) in [5, 5.41) is 8.36. The second-order valence-electron chi connectivity index (χ2n) is 2.69. The first-order valence-corrected chi connectivity index (χ1v) is 5.74. The van der Waals surface area contributed by atoms with Gasteiger partial charge >= 0.3 is 0 Å². The van der Waals surface area contributed by atoms with Crippen molar-refractivity contribution < 1.29 is 18.2 Å². The Labute approximate surface area is 79.7 Å². The largest absolute Gasteiger partial charge is 0.451 e. The Balaban J connectivity index is 0. The number of nitrogens with one attached hydrogen (secondary N) is 1. The predicted octanol–water partition coefficient (Wildman–Crippen LogP) is -0.298. The Bertz CT molecular complexity index is 237. The highest BCUT2D eigenvalue weighted by atomic mass is 32.2. The molecule has 0 unspecified atom stereocenters. The van der Waals surface area contributed by atoms with Crippen molar-refractivity contribution >= 4 is 22.8 Å². The summed E-state index contributed by atoms with van der Waals surface area (Å²) in [4.78, 5) is 9.97. The summed E-state index contributed by atoms with van der Waals surface area (Å²) < 4.78 is 21.9. The summed E-state index contributed by atoms with van der Waals surface area (Å²) in [7, 11) is -3.32. The first kappa shape index (κ1) is 14.9. The third-order valence-electron chi connectivity index (χ3n) is 0.920. The lowest BCUT2D eigenvalue weighted by Crippen LogP contribution is -2.26. The van der Waals surface area contributed by atoms with Crippen LogP contribution >= 0.6 is 0 Å². The second-order valence-corrected chi connectivity index (χ2v) is 4.44. The maximum Gasteiger partial charge on any atom is 0.285 e. The maximum absolute atomic E-state index is 10.1. The molecule has 0 aliphatic carbocycles. The van der Waals surface area contributed by atoms with Crippen molar-refractivity contribution in [2.45, 2.75) is 27.0 Å². The summed E-state index contributed by atoms with van der Waals surface area (Å²) in [6.45, 7) is 4.75. The molecule has 0 bridgehead atoms. The summed E-state index contributed by atoms with van der Waals surface area (Å²) in [6, 6.07) is 0. The van der Waals surface area contributed by atoms with Gasteiger partial charge in [-0.05, 0) is 0 Å². The minimum Gasteiger partial charge on any atom is -0.451 e. The van der Waals surface area contributed by atoms with Gasteiger partial charge in [0.2, 0.25) is 15.9 Å². The van der Waals surface area contributed by atoms with Crippen LogP contribution in [0.2, 0.25) is 13.1 Å². The Kier molecular flexibility index (Phi) is 7.94. The summed E-state index contributed by atoms with van der Waals surface area (Å²) in [6.07, 6.45) is 1.79. The molecule has 0 aliphatic rings. The predicted molar refractivity (Wildman–Crippen MR) is 53.0 cm³/mol. The molecule has 0 fully saturated rings. The van der Waals surface area contributed by atoms with E-state index in [0.29, 0.717) is 0 Å². The van der Waals surface area contributed by atoms with Crippen LogP contribution in [0.25, 0.3) is 0 Å². The fourth-order valence-electron chi connectivity index (χ4n) is 0.261. The molecule has 0 atom stereocenters. The summed E-state index contributed by atoms with van der Waals surface area (Å²) in [5.41, 5.74) is 0. The third kappa shape index (κ3) is 24.6. The zero-order valence-corrected chi connectivity index (χ0v) is 9.18. The van der Waals surface area contributed by atoms with Gasteiger partial charge in [0.25, 0.3) is 6.92 Å². The number of carbonyl (C=O) groups is 1. The molecule has 78 valence electrons. The van der Waals surface area contributed by atoms with Crippen LogP contribution in [0.1, 0.15) is 13.8 Å². The van der Waals surface area contributed by atoms with E-state index in [1.807, 2.05) is 6.92 Å². The van der Waals surface area contributed by atoms with Gasteiger partial charge in [0.15, 0.2) is 0 Å². The molecule has 5 nitrogen and oxygen atoms in total. The van der Waals surface area contributed by atoms with E-state index in [2.05, 4.69) is 0 Å². The van der Waals surface area contributed by atoms with E-state index in [9.17, 15) is 13.2 Å². The van der Waals surface area contributed by atoms with Crippen LogP contribution in [-0.4, -0.2) is 32.5 Å². The molecule has 0 spiro atoms. The molecule has 0 saturated carbocycles. The van der Waals surface area contributed by atoms with Gasteiger partial charge in [0, 0.05) is 6.92 Å². The van der Waals surface area contributed by atoms with E-state index in [0.717, 1.165) is 19.5 Å². The zero-order chi connectivity index (χ0) is 11.1. The number of hydrogen-bond donors (Lipinski definition) is 2. The number of rotatable bonds is 2. The van der Waals surface area contributed by atoms with Crippen LogP contribution in [-0.2, 0) is 14.8 Å². The average Bonchev–Trinajstić information content (AvgIpc) is 1.83. The molecule has 0 radical (unpaired) electrons. The highest BCUT2D eigenvalue weighted by Gasteiger charge is 1.99. The fourth-order valence-corrected chi connectivity index (χ4v) is 0.783. The van der Waals surface area contributed by atoms with Crippen molar-refractivity contribution in [1.29, 1.82) is 0 Å². The summed E-state index contributed by atoms with van der Waals surface area (Å²) >= 11 is 0. The Morgan fingerprint density at radius 3 is 1.85 bits per heavy atom. The molecule has 1 amide bonds. The Hall–Kier alpha value is -0.555. The van der Waals surface area contributed by atoms with E-state index in [1.165, 1.54) is 0 Å². The minimum absolute atomic E-state index is 0.116. The van der Waals surface area contributed by atoms with Gasteiger partial charge in [-0.3, -0.25) is 9.52 Å². The van der Waals surface area contributed by atoms with Crippen molar-refractivity contribution in [3.8, 4) is 0 Å². The molecule has 7 heteroatoms. The van der Waals surface area contributed by atoms with E-state index in [4.69, 9.17) is 5.02 Å². The van der Waals surface area contributed by atoms with Crippen LogP contribution in [0.4, 0.5) is 0 Å². The molecule has 0 aliphatic heterocycles. The van der Waals surface area contributed by atoms with Crippen LogP contribution in [0, 0.1) is 0 Å². The second kappa shape index (κ2) is 6.91. The molecule has 0 aromatic carbocycles. The molecule has 0 rings (SSSR count). The molecule has 0 aromatic heterocycles. The SMILES string of the molecule is CC(=O)NS(C)(=O)=O.CCB(C)O. The lowest BCUT2D eigenvalue weighted by molar-refractivity contribution is -0.117. The van der Waals surface area contributed by atoms with Gasteiger partial charge < -0.3 is 5.02 Å². The molecule has 2 N–H and O–H groups in total. The standard InChI is InChI=1S/C3H9BO.C3H7NO3S/c1-3-4(2)5;1-3(5)4-8(2,6)7/h5H,3H2,1-2H3;1-2H3,(H,4,5). The molecule has 13 heavy (non-hydrogen) atoms. The van der Waals surface area contributed by atoms with Gasteiger partial charge in [-0.1, -0.05) is 20.1 Å². The van der Waals surface area contributed by atoms with Crippen LogP contribution < -0.4 is 4.72 Å². The quantitative estimate of drug-likeness (QED) is 0.611. The van der Waals surface area contributed by atoms with Crippen LogP contribution in [0.5, 0.6) is 0 Å². The Morgan fingerprint density at radius 1 is 1.54 bits per heavy atom. The number of amides is 1. The first-order valence-electron chi connectivity index (χ1n) is 3.85. The van der Waals surface area contributed by atoms with Crippen molar-refractivity contribution in [2.75, 3.05) is 6.26 Å². The highest BCUT2D eigenvalue weighted by Crippen LogP contribution is 1.79. The van der Waals surface area contributed by atoms with Gasteiger partial charge in [-0.25, -0.2) is 8.42 Å². The number of sulfonamides is 1. The first-order chi connectivity index (χ1) is 5.69. The van der Waals surface area contributed by atoms with Crippen molar-refractivity contribution in [2.24, 2.45) is 0 Å². The van der Waals surface area contributed by atoms with E-state index < -0.39 is 15.9 Å².